The molecule has 2 aliphatic rings. The minimum atomic E-state index is -1.63. The van der Waals surface area contributed by atoms with E-state index >= 15 is 0 Å². The van der Waals surface area contributed by atoms with E-state index in [9.17, 15) is 14.7 Å². The summed E-state index contributed by atoms with van der Waals surface area (Å²) in [5.41, 5.74) is -3.20. The second-order valence-corrected chi connectivity index (χ2v) is 17.9. The van der Waals surface area contributed by atoms with Gasteiger partial charge in [-0.25, -0.2) is 14.5 Å². The number of carbonyl (C=O) groups excluding carboxylic acids is 2. The van der Waals surface area contributed by atoms with Crippen molar-refractivity contribution in [2.45, 2.75) is 176 Å². The maximum absolute atomic E-state index is 13.8. The van der Waals surface area contributed by atoms with Crippen molar-refractivity contribution in [1.82, 2.24) is 4.90 Å². The molecule has 0 radical (unpaired) electrons. The number of carbonyl (C=O) groups is 2. The highest BCUT2D eigenvalue weighted by molar-refractivity contribution is 6.66. The van der Waals surface area contributed by atoms with Gasteiger partial charge in [0.15, 0.2) is 6.29 Å². The van der Waals surface area contributed by atoms with Gasteiger partial charge in [0.05, 0.1) is 28.0 Å². The fourth-order valence-electron chi connectivity index (χ4n) is 5.07. The lowest BCUT2D eigenvalue weighted by molar-refractivity contribution is -0.192. The average molecular weight is 675 g/mol. The molecule has 2 fully saturated rings. The number of benzene rings is 1. The minimum Gasteiger partial charge on any atom is -0.443 e. The van der Waals surface area contributed by atoms with Crippen LogP contribution >= 0.6 is 0 Å². The van der Waals surface area contributed by atoms with E-state index in [0.717, 1.165) is 10.4 Å². The summed E-state index contributed by atoms with van der Waals surface area (Å²) in [6.45, 7) is 31.3. The van der Waals surface area contributed by atoms with Crippen LogP contribution < -0.4 is 10.9 Å². The number of nitrogens with zero attached hydrogens (tertiary/aromatic N) is 1. The normalized spacial score (nSPS) is 21.5. The van der Waals surface area contributed by atoms with Crippen molar-refractivity contribution in [2.24, 2.45) is 0 Å². The van der Waals surface area contributed by atoms with Gasteiger partial charge >= 0.3 is 26.4 Å². The van der Waals surface area contributed by atoms with Crippen molar-refractivity contribution in [1.29, 1.82) is 0 Å². The summed E-state index contributed by atoms with van der Waals surface area (Å²) in [4.78, 5) is 28.4. The van der Waals surface area contributed by atoms with E-state index in [1.165, 1.54) is 0 Å². The molecule has 0 spiro atoms. The van der Waals surface area contributed by atoms with Gasteiger partial charge in [-0.1, -0.05) is 18.2 Å². The molecule has 0 aromatic heterocycles. The molecule has 0 saturated carbocycles. The maximum atomic E-state index is 13.8. The topological polar surface area (TPSA) is 122 Å². The van der Waals surface area contributed by atoms with Gasteiger partial charge in [-0.05, 0) is 141 Å². The van der Waals surface area contributed by atoms with E-state index in [0.29, 0.717) is 11.0 Å². The van der Waals surface area contributed by atoms with Gasteiger partial charge in [0, 0.05) is 0 Å². The molecule has 1 unspecified atom stereocenters. The number of aliphatic hydroxyl groups excluding tert-OH is 1. The average Bonchev–Trinajstić information content (AvgIpc) is 3.19. The Hall–Kier alpha value is -2.15. The Bertz CT molecular complexity index is 1280. The summed E-state index contributed by atoms with van der Waals surface area (Å²) >= 11 is 0. The zero-order valence-electron chi connectivity index (χ0n) is 32.3. The van der Waals surface area contributed by atoms with Crippen molar-refractivity contribution >= 4 is 37.3 Å². The SMILES string of the molecule is CC(C)(C)OC(=O)N(C(=O)OC(C)(C)C)[C@H](Cc1ccc(B2OC(C)(C)C(C)(C)O2)cc1B1OC(C)(C)C(C)(C)O1)C(O)OC(C)(C)C. The van der Waals surface area contributed by atoms with Gasteiger partial charge in [0.2, 0.25) is 0 Å². The summed E-state index contributed by atoms with van der Waals surface area (Å²) in [5.74, 6) is 0. The molecule has 1 N–H and O–H groups in total. The van der Waals surface area contributed by atoms with Crippen molar-refractivity contribution in [3.05, 3.63) is 23.8 Å². The van der Waals surface area contributed by atoms with Gasteiger partial charge in [-0.3, -0.25) is 0 Å². The van der Waals surface area contributed by atoms with Crippen molar-refractivity contribution in [3.63, 3.8) is 0 Å². The molecule has 3 rings (SSSR count). The Labute approximate surface area is 288 Å². The first-order valence-corrected chi connectivity index (χ1v) is 16.8. The molecule has 0 bridgehead atoms. The summed E-state index contributed by atoms with van der Waals surface area (Å²) in [6, 6.07) is 4.34. The molecule has 1 aromatic rings. The largest absolute Gasteiger partial charge is 0.495 e. The number of hydrogen-bond donors (Lipinski definition) is 1. The molecule has 1 aromatic carbocycles. The Morgan fingerprint density at radius 1 is 0.708 bits per heavy atom. The van der Waals surface area contributed by atoms with Crippen LogP contribution in [-0.2, 0) is 39.2 Å². The molecule has 2 heterocycles. The van der Waals surface area contributed by atoms with Crippen molar-refractivity contribution in [2.75, 3.05) is 0 Å². The molecule has 2 atom stereocenters. The fourth-order valence-corrected chi connectivity index (χ4v) is 5.07. The van der Waals surface area contributed by atoms with Crippen LogP contribution in [0.3, 0.4) is 0 Å². The first kappa shape index (κ1) is 40.3. The third-order valence-corrected chi connectivity index (χ3v) is 8.95. The molecule has 48 heavy (non-hydrogen) atoms. The maximum Gasteiger partial charge on any atom is 0.495 e. The van der Waals surface area contributed by atoms with Gasteiger partial charge in [-0.2, -0.15) is 0 Å². The number of aliphatic hydroxyl groups is 1. The lowest BCUT2D eigenvalue weighted by Crippen LogP contribution is -2.56. The molecule has 2 amide bonds. The quantitative estimate of drug-likeness (QED) is 0.293. The van der Waals surface area contributed by atoms with Crippen LogP contribution in [0.5, 0.6) is 0 Å². The van der Waals surface area contributed by atoms with E-state index < -0.39 is 78.0 Å². The highest BCUT2D eigenvalue weighted by Gasteiger charge is 2.55. The highest BCUT2D eigenvalue weighted by Crippen LogP contribution is 2.38. The van der Waals surface area contributed by atoms with E-state index in [1.807, 2.05) is 73.6 Å². The zero-order valence-corrected chi connectivity index (χ0v) is 32.3. The van der Waals surface area contributed by atoms with Crippen molar-refractivity contribution < 1.29 is 47.5 Å². The van der Waals surface area contributed by atoms with Crippen LogP contribution in [0.1, 0.15) is 123 Å². The Balaban J connectivity index is 2.21. The van der Waals surface area contributed by atoms with E-state index in [-0.39, 0.29) is 6.42 Å². The smallest absolute Gasteiger partial charge is 0.443 e. The van der Waals surface area contributed by atoms with Crippen LogP contribution in [0.25, 0.3) is 0 Å². The molecule has 2 aliphatic heterocycles. The summed E-state index contributed by atoms with van der Waals surface area (Å²) in [5, 5.41) is 11.7. The van der Waals surface area contributed by atoms with Gasteiger partial charge in [0.1, 0.15) is 17.2 Å². The van der Waals surface area contributed by atoms with Crippen LogP contribution in [0.15, 0.2) is 18.2 Å². The standard InChI is InChI=1S/C35H59B2NO10/c1-29(2,3)42-26(39)25(38(27(40)43-30(4,5)6)28(41)44-31(7,8)9)20-22-18-19-23(36-45-32(10,11)33(12,13)46-36)21-24(22)37-47-34(14,15)35(16,17)48-37/h18-19,21,25-26,39H,20H2,1-17H3/t25-,26?/m1/s1. The van der Waals surface area contributed by atoms with E-state index in [4.69, 9.17) is 32.8 Å². The molecular formula is C35H59B2NO10. The summed E-state index contributed by atoms with van der Waals surface area (Å²) in [6.07, 6.45) is -3.65. The number of hydrogen-bond acceptors (Lipinski definition) is 10. The third-order valence-electron chi connectivity index (χ3n) is 8.95. The molecule has 13 heteroatoms. The monoisotopic (exact) mass is 675 g/mol. The third kappa shape index (κ3) is 9.54. The summed E-state index contributed by atoms with van der Waals surface area (Å²) in [7, 11) is -1.50. The Kier molecular flexibility index (Phi) is 11.1. The second-order valence-electron chi connectivity index (χ2n) is 17.9. The lowest BCUT2D eigenvalue weighted by Gasteiger charge is -2.37. The molecule has 2 saturated heterocycles. The second kappa shape index (κ2) is 13.2. The fraction of sp³-hybridized carbons (Fsp3) is 0.771. The number of amides is 2. The Morgan fingerprint density at radius 2 is 1.10 bits per heavy atom. The molecular weight excluding hydrogens is 616 g/mol. The van der Waals surface area contributed by atoms with E-state index in [2.05, 4.69) is 0 Å². The molecule has 11 nitrogen and oxygen atoms in total. The zero-order chi connectivity index (χ0) is 37.1. The predicted octanol–water partition coefficient (Wildman–Crippen LogP) is 5.50. The van der Waals surface area contributed by atoms with Crippen LogP contribution in [-0.4, -0.2) is 88.0 Å². The highest BCUT2D eigenvalue weighted by atomic mass is 16.7. The minimum absolute atomic E-state index is 0.0568. The van der Waals surface area contributed by atoms with Crippen LogP contribution in [0, 0.1) is 0 Å². The molecule has 0 aliphatic carbocycles. The number of ether oxygens (including phenoxy) is 3. The van der Waals surface area contributed by atoms with Gasteiger partial charge < -0.3 is 37.9 Å². The van der Waals surface area contributed by atoms with Gasteiger partial charge in [-0.15, -0.1) is 0 Å². The molecule has 270 valence electrons. The summed E-state index contributed by atoms with van der Waals surface area (Å²) < 4.78 is 43.1. The Morgan fingerprint density at radius 3 is 1.48 bits per heavy atom. The van der Waals surface area contributed by atoms with Crippen LogP contribution in [0.4, 0.5) is 9.59 Å². The number of rotatable bonds is 7. The number of imide groups is 1. The lowest BCUT2D eigenvalue weighted by atomic mass is 9.69. The van der Waals surface area contributed by atoms with Crippen LogP contribution in [0.2, 0.25) is 0 Å². The van der Waals surface area contributed by atoms with E-state index in [1.54, 1.807) is 62.3 Å². The predicted molar refractivity (Wildman–Crippen MR) is 187 cm³/mol. The first-order valence-electron chi connectivity index (χ1n) is 16.8. The van der Waals surface area contributed by atoms with Crippen molar-refractivity contribution in [3.8, 4) is 0 Å². The first-order chi connectivity index (χ1) is 21.3. The van der Waals surface area contributed by atoms with Gasteiger partial charge in [0.25, 0.3) is 0 Å².